The molecule has 5 rings (SSSR count). The van der Waals surface area contributed by atoms with Crippen LogP contribution in [-0.4, -0.2) is 55.5 Å². The molecule has 0 unspecified atom stereocenters. The van der Waals surface area contributed by atoms with E-state index in [4.69, 9.17) is 0 Å². The minimum atomic E-state index is -0.401. The van der Waals surface area contributed by atoms with Gasteiger partial charge in [-0.1, -0.05) is 36.4 Å². The number of carbonyl (C=O) groups excluding carboxylic acids is 2. The number of hydrogen-bond donors (Lipinski definition) is 2. The van der Waals surface area contributed by atoms with Crippen molar-refractivity contribution < 1.29 is 9.59 Å². The molecule has 0 radical (unpaired) electrons. The summed E-state index contributed by atoms with van der Waals surface area (Å²) in [5.41, 5.74) is 6.46. The summed E-state index contributed by atoms with van der Waals surface area (Å²) in [7, 11) is 2.11. The maximum Gasteiger partial charge on any atom is 0.237 e. The van der Waals surface area contributed by atoms with E-state index in [0.29, 0.717) is 13.1 Å². The van der Waals surface area contributed by atoms with Crippen molar-refractivity contribution in [2.24, 2.45) is 0 Å². The predicted molar refractivity (Wildman–Crippen MR) is 121 cm³/mol. The number of hydrogen-bond acceptors (Lipinski definition) is 4. The Bertz CT molecular complexity index is 980. The van der Waals surface area contributed by atoms with Crippen LogP contribution in [0.2, 0.25) is 0 Å². The summed E-state index contributed by atoms with van der Waals surface area (Å²) in [4.78, 5) is 29.9. The summed E-state index contributed by atoms with van der Waals surface area (Å²) in [5, 5.41) is 5.99. The van der Waals surface area contributed by atoms with E-state index < -0.39 is 6.04 Å². The number of fused-ring (bicyclic) bond motifs is 2. The van der Waals surface area contributed by atoms with Gasteiger partial charge in [0.25, 0.3) is 0 Å². The summed E-state index contributed by atoms with van der Waals surface area (Å²) in [6, 6.07) is 14.8. The third-order valence-corrected chi connectivity index (χ3v) is 7.01. The predicted octanol–water partition coefficient (Wildman–Crippen LogP) is 1.65. The van der Waals surface area contributed by atoms with Crippen LogP contribution in [0, 0.1) is 0 Å². The first-order valence-corrected chi connectivity index (χ1v) is 11.3. The van der Waals surface area contributed by atoms with Gasteiger partial charge in [-0.25, -0.2) is 0 Å². The highest BCUT2D eigenvalue weighted by molar-refractivity contribution is 5.88. The lowest BCUT2D eigenvalue weighted by Gasteiger charge is -2.38. The van der Waals surface area contributed by atoms with Crippen LogP contribution in [0.1, 0.15) is 28.7 Å². The Balaban J connectivity index is 1.21. The highest BCUT2D eigenvalue weighted by atomic mass is 16.2. The molecule has 2 aromatic carbocycles. The summed E-state index contributed by atoms with van der Waals surface area (Å²) in [6.45, 7) is 2.98. The van der Waals surface area contributed by atoms with Crippen LogP contribution < -0.4 is 15.5 Å². The van der Waals surface area contributed by atoms with Gasteiger partial charge < -0.3 is 15.5 Å². The normalized spacial score (nSPS) is 21.0. The Kier molecular flexibility index (Phi) is 5.40. The second-order valence-corrected chi connectivity index (χ2v) is 8.99. The van der Waals surface area contributed by atoms with Crippen LogP contribution in [0.3, 0.4) is 0 Å². The Morgan fingerprint density at radius 1 is 1.10 bits per heavy atom. The molecule has 162 valence electrons. The lowest BCUT2D eigenvalue weighted by atomic mass is 10.0. The zero-order chi connectivity index (χ0) is 21.4. The molecule has 0 bridgehead atoms. The second-order valence-electron chi connectivity index (χ2n) is 8.99. The Labute approximate surface area is 183 Å². The average Bonchev–Trinajstić information content (AvgIpc) is 3.37. The molecular weight excluding hydrogens is 388 g/mol. The number of nitrogens with zero attached hydrogens (tertiary/aromatic N) is 2. The zero-order valence-corrected chi connectivity index (χ0v) is 18.1. The van der Waals surface area contributed by atoms with Gasteiger partial charge in [0.1, 0.15) is 0 Å². The molecule has 6 nitrogen and oxygen atoms in total. The van der Waals surface area contributed by atoms with Crippen LogP contribution in [0.25, 0.3) is 0 Å². The number of benzene rings is 2. The van der Waals surface area contributed by atoms with Crippen LogP contribution in [0.15, 0.2) is 42.5 Å². The average molecular weight is 419 g/mol. The Morgan fingerprint density at radius 2 is 1.87 bits per heavy atom. The molecule has 1 atom stereocenters. The van der Waals surface area contributed by atoms with Crippen LogP contribution in [-0.2, 0) is 35.4 Å². The minimum Gasteiger partial charge on any atom is -0.374 e. The van der Waals surface area contributed by atoms with Crippen molar-refractivity contribution >= 4 is 17.5 Å². The first kappa shape index (κ1) is 20.1. The van der Waals surface area contributed by atoms with E-state index in [1.165, 1.54) is 22.4 Å². The summed E-state index contributed by atoms with van der Waals surface area (Å²) < 4.78 is 0. The minimum absolute atomic E-state index is 0.0297. The van der Waals surface area contributed by atoms with E-state index in [9.17, 15) is 9.59 Å². The van der Waals surface area contributed by atoms with Crippen LogP contribution in [0.5, 0.6) is 0 Å². The van der Waals surface area contributed by atoms with Gasteiger partial charge in [0, 0.05) is 45.0 Å². The number of likely N-dealkylation sites (N-methyl/N-ethyl adjacent to an activating group) is 1. The van der Waals surface area contributed by atoms with E-state index in [0.717, 1.165) is 37.9 Å². The number of anilines is 1. The quantitative estimate of drug-likeness (QED) is 0.775. The lowest BCUT2D eigenvalue weighted by molar-refractivity contribution is -0.135. The van der Waals surface area contributed by atoms with E-state index in [-0.39, 0.29) is 24.3 Å². The number of amides is 2. The molecule has 6 heteroatoms. The molecule has 1 saturated heterocycles. The molecule has 2 heterocycles. The largest absolute Gasteiger partial charge is 0.374 e. The molecular formula is C25H30N4O2. The zero-order valence-electron chi connectivity index (χ0n) is 18.1. The molecule has 0 saturated carbocycles. The fourth-order valence-electron chi connectivity index (χ4n) is 5.33. The van der Waals surface area contributed by atoms with Gasteiger partial charge >= 0.3 is 0 Å². The smallest absolute Gasteiger partial charge is 0.237 e. The van der Waals surface area contributed by atoms with E-state index in [1.54, 1.807) is 0 Å². The Hall–Kier alpha value is -2.86. The number of nitrogens with one attached hydrogen (secondary N) is 2. The monoisotopic (exact) mass is 418 g/mol. The van der Waals surface area contributed by atoms with Crippen LogP contribution in [0.4, 0.5) is 5.69 Å². The number of piperazine rings is 1. The maximum atomic E-state index is 12.8. The fraction of sp³-hybridized carbons (Fsp3) is 0.440. The molecule has 1 fully saturated rings. The van der Waals surface area contributed by atoms with Crippen molar-refractivity contribution in [2.45, 2.75) is 44.3 Å². The third-order valence-electron chi connectivity index (χ3n) is 7.01. The lowest BCUT2D eigenvalue weighted by Crippen LogP contribution is -2.59. The molecule has 1 aliphatic carbocycles. The summed E-state index contributed by atoms with van der Waals surface area (Å²) >= 11 is 0. The van der Waals surface area contributed by atoms with Gasteiger partial charge in [0.15, 0.2) is 0 Å². The van der Waals surface area contributed by atoms with E-state index in [1.807, 2.05) is 0 Å². The topological polar surface area (TPSA) is 64.7 Å². The molecule has 2 N–H and O–H groups in total. The standard InChI is InChI=1S/C25H30N4O2/c1-28-10-8-20-12-17(6-7-22(20)28)16-27-24(30)15-23-25(31)26-9-11-29(23)21-13-18-4-2-3-5-19(18)14-21/h2-7,12,21,23H,8-11,13-16H2,1H3,(H,26,31)(H,27,30)/t23-/m0/s1. The van der Waals surface area contributed by atoms with Gasteiger partial charge in [-0.15, -0.1) is 0 Å². The summed E-state index contributed by atoms with van der Waals surface area (Å²) in [6.07, 6.45) is 3.15. The number of rotatable bonds is 5. The van der Waals surface area contributed by atoms with Crippen molar-refractivity contribution in [1.82, 2.24) is 15.5 Å². The maximum absolute atomic E-state index is 12.8. The van der Waals surface area contributed by atoms with Crippen molar-refractivity contribution in [1.29, 1.82) is 0 Å². The fourth-order valence-corrected chi connectivity index (χ4v) is 5.33. The van der Waals surface area contributed by atoms with Gasteiger partial charge in [-0.2, -0.15) is 0 Å². The van der Waals surface area contributed by atoms with Crippen molar-refractivity contribution in [3.05, 3.63) is 64.7 Å². The first-order chi connectivity index (χ1) is 15.1. The molecule has 2 aromatic rings. The van der Waals surface area contributed by atoms with E-state index in [2.05, 4.69) is 69.9 Å². The first-order valence-electron chi connectivity index (χ1n) is 11.3. The van der Waals surface area contributed by atoms with Gasteiger partial charge in [-0.3, -0.25) is 14.5 Å². The molecule has 0 spiro atoms. The van der Waals surface area contributed by atoms with Crippen molar-refractivity contribution in [3.8, 4) is 0 Å². The molecule has 2 amide bonds. The van der Waals surface area contributed by atoms with Gasteiger partial charge in [-0.05, 0) is 47.6 Å². The van der Waals surface area contributed by atoms with Crippen molar-refractivity contribution in [2.75, 3.05) is 31.6 Å². The number of carbonyl (C=O) groups is 2. The van der Waals surface area contributed by atoms with Gasteiger partial charge in [0.2, 0.25) is 11.8 Å². The molecule has 31 heavy (non-hydrogen) atoms. The van der Waals surface area contributed by atoms with E-state index >= 15 is 0 Å². The van der Waals surface area contributed by atoms with Crippen LogP contribution >= 0.6 is 0 Å². The summed E-state index contributed by atoms with van der Waals surface area (Å²) in [5.74, 6) is -0.0990. The highest BCUT2D eigenvalue weighted by Crippen LogP contribution is 2.29. The molecule has 3 aliphatic rings. The molecule has 0 aromatic heterocycles. The Morgan fingerprint density at radius 3 is 2.65 bits per heavy atom. The highest BCUT2D eigenvalue weighted by Gasteiger charge is 2.38. The van der Waals surface area contributed by atoms with Crippen molar-refractivity contribution in [3.63, 3.8) is 0 Å². The third kappa shape index (κ3) is 4.04. The SMILES string of the molecule is CN1CCc2cc(CNC(=O)C[C@H]3C(=O)NCCN3C3Cc4ccccc4C3)ccc21. The van der Waals surface area contributed by atoms with Gasteiger partial charge in [0.05, 0.1) is 12.5 Å². The second kappa shape index (κ2) is 8.35. The molecule has 2 aliphatic heterocycles.